The molecule has 2 aliphatic heterocycles. The molecule has 2 atom stereocenters. The first kappa shape index (κ1) is 22.1. The first-order valence-corrected chi connectivity index (χ1v) is 10.1. The smallest absolute Gasteiger partial charge is 0.327 e. The Morgan fingerprint density at radius 1 is 1.03 bits per heavy atom. The highest BCUT2D eigenvalue weighted by Crippen LogP contribution is 2.32. The molecule has 2 aliphatic rings. The van der Waals surface area contributed by atoms with Crippen molar-refractivity contribution in [2.24, 2.45) is 22.4 Å². The molecular formula is C20H26N6O5. The molecule has 1 aromatic carbocycles. The van der Waals surface area contributed by atoms with E-state index in [1.54, 1.807) is 29.2 Å². The lowest BCUT2D eigenvalue weighted by atomic mass is 9.84. The zero-order valence-corrected chi connectivity index (χ0v) is 17.0. The zero-order chi connectivity index (χ0) is 22.5. The minimum atomic E-state index is -1.22. The van der Waals surface area contributed by atoms with Crippen LogP contribution in [-0.4, -0.2) is 88.3 Å². The van der Waals surface area contributed by atoms with Crippen molar-refractivity contribution >= 4 is 29.8 Å². The predicted molar refractivity (Wildman–Crippen MR) is 111 cm³/mol. The number of aliphatic imine (C=N–C) groups is 1. The molecule has 31 heavy (non-hydrogen) atoms. The van der Waals surface area contributed by atoms with Gasteiger partial charge < -0.3 is 26.4 Å². The number of hydrogen-bond acceptors (Lipinski definition) is 5. The number of piperazine rings is 1. The molecule has 1 aromatic rings. The molecule has 0 bridgehead atoms. The van der Waals surface area contributed by atoms with Gasteiger partial charge in [-0.25, -0.2) is 14.5 Å². The second kappa shape index (κ2) is 9.45. The monoisotopic (exact) mass is 430 g/mol. The van der Waals surface area contributed by atoms with Gasteiger partial charge in [-0.2, -0.15) is 0 Å². The summed E-state index contributed by atoms with van der Waals surface area (Å²) in [6.45, 7) is 1.34. The molecule has 0 saturated carbocycles. The maximum absolute atomic E-state index is 12.8. The topological polar surface area (TPSA) is 163 Å². The summed E-state index contributed by atoms with van der Waals surface area (Å²) in [5.41, 5.74) is 11.1. The van der Waals surface area contributed by atoms with E-state index in [-0.39, 0.29) is 37.9 Å². The van der Waals surface area contributed by atoms with Crippen molar-refractivity contribution < 1.29 is 24.3 Å². The van der Waals surface area contributed by atoms with Crippen LogP contribution in [0.15, 0.2) is 35.3 Å². The van der Waals surface area contributed by atoms with E-state index in [9.17, 15) is 24.3 Å². The van der Waals surface area contributed by atoms with Crippen molar-refractivity contribution in [3.05, 3.63) is 35.9 Å². The Kier molecular flexibility index (Phi) is 6.73. The fraction of sp³-hybridized carbons (Fsp3) is 0.450. The number of hydrogen-bond donors (Lipinski definition) is 3. The highest BCUT2D eigenvalue weighted by atomic mass is 16.4. The Morgan fingerprint density at radius 3 is 2.23 bits per heavy atom. The molecule has 166 valence electrons. The number of aliphatic carboxylic acids is 1. The number of amides is 4. The first-order valence-electron chi connectivity index (χ1n) is 10.1. The minimum Gasteiger partial charge on any atom is -0.480 e. The van der Waals surface area contributed by atoms with Crippen LogP contribution >= 0.6 is 0 Å². The summed E-state index contributed by atoms with van der Waals surface area (Å²) in [6, 6.07) is 7.00. The zero-order valence-electron chi connectivity index (χ0n) is 17.0. The van der Waals surface area contributed by atoms with Gasteiger partial charge in [-0.15, -0.1) is 0 Å². The molecule has 0 unspecified atom stereocenters. The Balaban J connectivity index is 1.56. The molecule has 0 aromatic heterocycles. The summed E-state index contributed by atoms with van der Waals surface area (Å²) in [4.78, 5) is 57.2. The van der Waals surface area contributed by atoms with Crippen LogP contribution in [0.2, 0.25) is 0 Å². The summed E-state index contributed by atoms with van der Waals surface area (Å²) in [5.74, 6) is -2.72. The third kappa shape index (κ3) is 4.76. The van der Waals surface area contributed by atoms with Gasteiger partial charge in [0.15, 0.2) is 12.0 Å². The molecule has 2 heterocycles. The van der Waals surface area contributed by atoms with Crippen molar-refractivity contribution in [2.75, 3.05) is 32.7 Å². The van der Waals surface area contributed by atoms with E-state index in [0.717, 1.165) is 4.90 Å². The van der Waals surface area contributed by atoms with Gasteiger partial charge in [-0.1, -0.05) is 18.2 Å². The van der Waals surface area contributed by atoms with Crippen LogP contribution in [0.1, 0.15) is 23.2 Å². The van der Waals surface area contributed by atoms with Crippen LogP contribution < -0.4 is 11.5 Å². The number of carbonyl (C=O) groups is 4. The molecule has 11 nitrogen and oxygen atoms in total. The molecule has 11 heteroatoms. The maximum atomic E-state index is 12.8. The van der Waals surface area contributed by atoms with E-state index in [0.29, 0.717) is 25.1 Å². The van der Waals surface area contributed by atoms with E-state index >= 15 is 0 Å². The van der Waals surface area contributed by atoms with Gasteiger partial charge in [0.1, 0.15) is 0 Å². The minimum absolute atomic E-state index is 0.0728. The number of nitrogens with two attached hydrogens (primary N) is 2. The number of nitrogens with zero attached hydrogens (tertiary/aromatic N) is 4. The number of β-lactam (4-membered cyclic amide) rings is 1. The highest BCUT2D eigenvalue weighted by Gasteiger charge is 2.55. The van der Waals surface area contributed by atoms with Crippen molar-refractivity contribution in [1.29, 1.82) is 0 Å². The van der Waals surface area contributed by atoms with Crippen LogP contribution in [-0.2, 0) is 9.59 Å². The van der Waals surface area contributed by atoms with Crippen LogP contribution in [0, 0.1) is 5.92 Å². The summed E-state index contributed by atoms with van der Waals surface area (Å²) < 4.78 is 0. The van der Waals surface area contributed by atoms with Gasteiger partial charge >= 0.3 is 12.0 Å². The summed E-state index contributed by atoms with van der Waals surface area (Å²) in [5, 5.41) is 9.54. The number of guanidine groups is 1. The van der Waals surface area contributed by atoms with Gasteiger partial charge in [0.2, 0.25) is 5.91 Å². The second-order valence-electron chi connectivity index (χ2n) is 7.47. The average Bonchev–Trinajstić information content (AvgIpc) is 2.76. The molecule has 4 amide bonds. The summed E-state index contributed by atoms with van der Waals surface area (Å²) in [6.07, 6.45) is 0.704. The number of benzene rings is 1. The number of carboxylic acid groups (broad SMARTS) is 1. The number of likely N-dealkylation sites (tertiary alicyclic amines) is 1. The molecular weight excluding hydrogens is 404 g/mol. The van der Waals surface area contributed by atoms with E-state index in [2.05, 4.69) is 4.99 Å². The summed E-state index contributed by atoms with van der Waals surface area (Å²) >= 11 is 0. The van der Waals surface area contributed by atoms with Gasteiger partial charge in [0, 0.05) is 38.3 Å². The summed E-state index contributed by atoms with van der Waals surface area (Å²) in [7, 11) is 0. The Hall–Kier alpha value is -3.63. The Labute approximate surface area is 179 Å². The lowest BCUT2D eigenvalue weighted by Crippen LogP contribution is -2.69. The van der Waals surface area contributed by atoms with Gasteiger partial charge in [0.25, 0.3) is 5.91 Å². The number of carboxylic acids is 1. The van der Waals surface area contributed by atoms with E-state index in [1.807, 2.05) is 6.07 Å². The normalized spacial score (nSPS) is 20.8. The highest BCUT2D eigenvalue weighted by molar-refractivity contribution is 6.07. The number of imide groups is 1. The second-order valence-corrected chi connectivity index (χ2v) is 7.47. The first-order chi connectivity index (χ1) is 14.8. The molecule has 2 saturated heterocycles. The number of urea groups is 1. The average molecular weight is 430 g/mol. The largest absolute Gasteiger partial charge is 0.480 e. The molecule has 2 fully saturated rings. The maximum Gasteiger partial charge on any atom is 0.327 e. The van der Waals surface area contributed by atoms with Gasteiger partial charge in [-0.3, -0.25) is 14.6 Å². The van der Waals surface area contributed by atoms with Crippen LogP contribution in [0.4, 0.5) is 4.79 Å². The van der Waals surface area contributed by atoms with E-state index < -0.39 is 29.9 Å². The molecule has 0 spiro atoms. The van der Waals surface area contributed by atoms with Crippen molar-refractivity contribution in [1.82, 2.24) is 14.7 Å². The Morgan fingerprint density at radius 2 is 1.65 bits per heavy atom. The fourth-order valence-electron chi connectivity index (χ4n) is 3.86. The lowest BCUT2D eigenvalue weighted by Gasteiger charge is -2.46. The third-order valence-corrected chi connectivity index (χ3v) is 5.50. The van der Waals surface area contributed by atoms with Gasteiger partial charge in [0.05, 0.1) is 5.92 Å². The third-order valence-electron chi connectivity index (χ3n) is 5.50. The SMILES string of the molecule is NC(N)=NCCC[C@H]1C(=O)N(C(=O)N2CCN(C(=O)c3ccccc3)CC2)[C@@H]1C(=O)O. The van der Waals surface area contributed by atoms with Crippen molar-refractivity contribution in [2.45, 2.75) is 18.9 Å². The standard InChI is InChI=1S/C20H26N6O5/c21-19(22)23-8-4-7-14-15(18(29)30)26(17(14)28)20(31)25-11-9-24(10-12-25)16(27)13-5-2-1-3-6-13/h1-3,5-6,14-15H,4,7-12H2,(H,29,30)(H4,21,22,23)/t14-,15+/m1/s1. The van der Waals surface area contributed by atoms with E-state index in [4.69, 9.17) is 11.5 Å². The van der Waals surface area contributed by atoms with E-state index in [1.165, 1.54) is 4.90 Å². The predicted octanol–water partition coefficient (Wildman–Crippen LogP) is -0.470. The molecule has 0 aliphatic carbocycles. The number of carbonyl (C=O) groups excluding carboxylic acids is 3. The van der Waals surface area contributed by atoms with Gasteiger partial charge in [-0.05, 0) is 25.0 Å². The van der Waals surface area contributed by atoms with Crippen LogP contribution in [0.25, 0.3) is 0 Å². The molecule has 0 radical (unpaired) electrons. The fourth-order valence-corrected chi connectivity index (χ4v) is 3.86. The number of rotatable bonds is 6. The molecule has 3 rings (SSSR count). The van der Waals surface area contributed by atoms with Crippen molar-refractivity contribution in [3.8, 4) is 0 Å². The Bertz CT molecular complexity index is 877. The lowest BCUT2D eigenvalue weighted by molar-refractivity contribution is -0.167. The quantitative estimate of drug-likeness (QED) is 0.238. The van der Waals surface area contributed by atoms with Crippen LogP contribution in [0.3, 0.4) is 0 Å². The van der Waals surface area contributed by atoms with Crippen LogP contribution in [0.5, 0.6) is 0 Å². The van der Waals surface area contributed by atoms with Crippen molar-refractivity contribution in [3.63, 3.8) is 0 Å². The molecule has 5 N–H and O–H groups in total.